The van der Waals surface area contributed by atoms with Crippen LogP contribution in [0, 0.1) is 0 Å². The normalized spacial score (nSPS) is 13.7. The first-order valence-corrected chi connectivity index (χ1v) is 6.05. The highest BCUT2D eigenvalue weighted by molar-refractivity contribution is 6.35. The van der Waals surface area contributed by atoms with Gasteiger partial charge in [0.2, 0.25) is 0 Å². The summed E-state index contributed by atoms with van der Waals surface area (Å²) in [7, 11) is 0. The number of fused-ring (bicyclic) bond motifs is 1. The van der Waals surface area contributed by atoms with Gasteiger partial charge < -0.3 is 10.3 Å². The fourth-order valence-corrected chi connectivity index (χ4v) is 2.35. The van der Waals surface area contributed by atoms with Crippen LogP contribution in [0.5, 0.6) is 0 Å². The predicted molar refractivity (Wildman–Crippen MR) is 68.7 cm³/mol. The van der Waals surface area contributed by atoms with Gasteiger partial charge in [-0.1, -0.05) is 23.2 Å². The second-order valence-corrected chi connectivity index (χ2v) is 4.77. The van der Waals surface area contributed by atoms with Gasteiger partial charge in [0, 0.05) is 19.3 Å². The maximum Gasteiger partial charge on any atom is 0.256 e. The van der Waals surface area contributed by atoms with Gasteiger partial charge >= 0.3 is 0 Å². The molecule has 0 atom stereocenters. The van der Waals surface area contributed by atoms with Gasteiger partial charge in [0.05, 0.1) is 21.3 Å². The molecule has 0 saturated carbocycles. The number of pyridine rings is 1. The van der Waals surface area contributed by atoms with Crippen molar-refractivity contribution in [3.05, 3.63) is 43.9 Å². The van der Waals surface area contributed by atoms with Crippen molar-refractivity contribution in [1.29, 1.82) is 0 Å². The SMILES string of the molecule is O=c1[nH]c(-c2ncc(Cl)cc2Cl)nc2c1CNC2. The van der Waals surface area contributed by atoms with E-state index in [2.05, 4.69) is 20.3 Å². The first-order chi connectivity index (χ1) is 8.65. The summed E-state index contributed by atoms with van der Waals surface area (Å²) < 4.78 is 0. The molecule has 0 fully saturated rings. The Labute approximate surface area is 112 Å². The lowest BCUT2D eigenvalue weighted by Crippen LogP contribution is -2.16. The van der Waals surface area contributed by atoms with Crippen molar-refractivity contribution in [3.8, 4) is 11.5 Å². The van der Waals surface area contributed by atoms with Gasteiger partial charge in [-0.05, 0) is 6.07 Å². The van der Waals surface area contributed by atoms with E-state index < -0.39 is 0 Å². The fraction of sp³-hybridized carbons (Fsp3) is 0.182. The molecule has 0 amide bonds. The Morgan fingerprint density at radius 1 is 1.28 bits per heavy atom. The molecule has 18 heavy (non-hydrogen) atoms. The van der Waals surface area contributed by atoms with Crippen LogP contribution < -0.4 is 10.9 Å². The van der Waals surface area contributed by atoms with Crippen molar-refractivity contribution < 1.29 is 0 Å². The summed E-state index contributed by atoms with van der Waals surface area (Å²) in [5.41, 5.74) is 1.67. The lowest BCUT2D eigenvalue weighted by Gasteiger charge is -2.04. The molecule has 3 rings (SSSR count). The Morgan fingerprint density at radius 2 is 2.11 bits per heavy atom. The number of nitrogens with zero attached hydrogens (tertiary/aromatic N) is 2. The maximum absolute atomic E-state index is 11.9. The first-order valence-electron chi connectivity index (χ1n) is 5.29. The standard InChI is InChI=1S/C11H8Cl2N4O/c12-5-1-7(13)9(15-2-5)10-16-8-4-14-3-6(8)11(18)17-10/h1-2,14H,3-4H2,(H,16,17,18). The highest BCUT2D eigenvalue weighted by Crippen LogP contribution is 2.25. The van der Waals surface area contributed by atoms with E-state index in [4.69, 9.17) is 23.2 Å². The molecule has 0 aliphatic carbocycles. The minimum absolute atomic E-state index is 0.159. The van der Waals surface area contributed by atoms with E-state index in [0.717, 1.165) is 5.69 Å². The number of hydrogen-bond donors (Lipinski definition) is 2. The lowest BCUT2D eigenvalue weighted by atomic mass is 10.2. The minimum Gasteiger partial charge on any atom is -0.307 e. The second kappa shape index (κ2) is 4.35. The fourth-order valence-electron chi connectivity index (χ4n) is 1.88. The van der Waals surface area contributed by atoms with Crippen LogP contribution in [-0.4, -0.2) is 15.0 Å². The Hall–Kier alpha value is -1.43. The molecular weight excluding hydrogens is 275 g/mol. The van der Waals surface area contributed by atoms with Crippen molar-refractivity contribution in [2.75, 3.05) is 0 Å². The zero-order chi connectivity index (χ0) is 12.7. The molecule has 2 aromatic rings. The molecule has 92 valence electrons. The summed E-state index contributed by atoms with van der Waals surface area (Å²) in [6.07, 6.45) is 1.47. The van der Waals surface area contributed by atoms with Gasteiger partial charge in [-0.2, -0.15) is 0 Å². The summed E-state index contributed by atoms with van der Waals surface area (Å²) in [6.45, 7) is 1.12. The van der Waals surface area contributed by atoms with Crippen LogP contribution in [0.4, 0.5) is 0 Å². The number of halogens is 2. The van der Waals surface area contributed by atoms with E-state index >= 15 is 0 Å². The largest absolute Gasteiger partial charge is 0.307 e. The van der Waals surface area contributed by atoms with Crippen molar-refractivity contribution in [1.82, 2.24) is 20.3 Å². The number of nitrogens with one attached hydrogen (secondary N) is 2. The number of H-pyrrole nitrogens is 1. The van der Waals surface area contributed by atoms with Crippen LogP contribution in [0.1, 0.15) is 11.3 Å². The smallest absolute Gasteiger partial charge is 0.256 e. The quantitative estimate of drug-likeness (QED) is 0.836. The third-order valence-corrected chi connectivity index (χ3v) is 3.22. The summed E-state index contributed by atoms with van der Waals surface area (Å²) in [5.74, 6) is 0.365. The predicted octanol–water partition coefficient (Wildman–Crippen LogP) is 1.74. The van der Waals surface area contributed by atoms with E-state index in [0.29, 0.717) is 40.2 Å². The average Bonchev–Trinajstić information content (AvgIpc) is 2.77. The van der Waals surface area contributed by atoms with Crippen molar-refractivity contribution >= 4 is 23.2 Å². The molecule has 2 aromatic heterocycles. The Morgan fingerprint density at radius 3 is 2.89 bits per heavy atom. The Kier molecular flexibility index (Phi) is 2.81. The van der Waals surface area contributed by atoms with Gasteiger partial charge in [-0.3, -0.25) is 4.79 Å². The van der Waals surface area contributed by atoms with Gasteiger partial charge in [-0.15, -0.1) is 0 Å². The van der Waals surface area contributed by atoms with Crippen molar-refractivity contribution in [2.45, 2.75) is 13.1 Å². The monoisotopic (exact) mass is 282 g/mol. The van der Waals surface area contributed by atoms with Gasteiger partial charge in [0.1, 0.15) is 5.69 Å². The molecule has 0 aromatic carbocycles. The molecular formula is C11H8Cl2N4O. The van der Waals surface area contributed by atoms with Gasteiger partial charge in [0.25, 0.3) is 5.56 Å². The highest BCUT2D eigenvalue weighted by Gasteiger charge is 2.18. The summed E-state index contributed by atoms with van der Waals surface area (Å²) >= 11 is 11.8. The van der Waals surface area contributed by atoms with E-state index in [-0.39, 0.29) is 5.56 Å². The Bertz CT molecular complexity index is 683. The molecule has 1 aliphatic rings. The molecule has 3 heterocycles. The van der Waals surface area contributed by atoms with E-state index in [9.17, 15) is 4.79 Å². The van der Waals surface area contributed by atoms with Crippen LogP contribution in [0.25, 0.3) is 11.5 Å². The molecule has 1 aliphatic heterocycles. The van der Waals surface area contributed by atoms with E-state index in [1.807, 2.05) is 0 Å². The van der Waals surface area contributed by atoms with Gasteiger partial charge in [-0.25, -0.2) is 9.97 Å². The third kappa shape index (κ3) is 1.90. The molecule has 5 nitrogen and oxygen atoms in total. The first kappa shape index (κ1) is 11.6. The molecule has 2 N–H and O–H groups in total. The zero-order valence-electron chi connectivity index (χ0n) is 9.13. The lowest BCUT2D eigenvalue weighted by molar-refractivity contribution is 0.757. The topological polar surface area (TPSA) is 70.7 Å². The summed E-state index contributed by atoms with van der Waals surface area (Å²) in [5, 5.41) is 3.87. The summed E-state index contributed by atoms with van der Waals surface area (Å²) in [6, 6.07) is 1.57. The highest BCUT2D eigenvalue weighted by atomic mass is 35.5. The minimum atomic E-state index is -0.159. The van der Waals surface area contributed by atoms with Gasteiger partial charge in [0.15, 0.2) is 5.82 Å². The second-order valence-electron chi connectivity index (χ2n) is 3.93. The van der Waals surface area contributed by atoms with Crippen molar-refractivity contribution in [2.24, 2.45) is 0 Å². The molecule has 7 heteroatoms. The van der Waals surface area contributed by atoms with Crippen LogP contribution in [0.3, 0.4) is 0 Å². The number of rotatable bonds is 1. The average molecular weight is 283 g/mol. The van der Waals surface area contributed by atoms with Crippen LogP contribution in [-0.2, 0) is 13.1 Å². The van der Waals surface area contributed by atoms with Crippen LogP contribution in [0.2, 0.25) is 10.0 Å². The van der Waals surface area contributed by atoms with Crippen molar-refractivity contribution in [3.63, 3.8) is 0 Å². The van der Waals surface area contributed by atoms with Crippen LogP contribution in [0.15, 0.2) is 17.1 Å². The molecule has 0 saturated heterocycles. The van der Waals surface area contributed by atoms with E-state index in [1.165, 1.54) is 6.20 Å². The zero-order valence-corrected chi connectivity index (χ0v) is 10.6. The molecule has 0 unspecified atom stereocenters. The molecule has 0 bridgehead atoms. The Balaban J connectivity index is 2.18. The molecule has 0 radical (unpaired) electrons. The maximum atomic E-state index is 11.9. The number of aromatic nitrogens is 3. The third-order valence-electron chi connectivity index (χ3n) is 2.73. The van der Waals surface area contributed by atoms with E-state index in [1.54, 1.807) is 6.07 Å². The molecule has 0 spiro atoms. The number of hydrogen-bond acceptors (Lipinski definition) is 4. The summed E-state index contributed by atoms with van der Waals surface area (Å²) in [4.78, 5) is 23.0. The number of aromatic amines is 1. The van der Waals surface area contributed by atoms with Crippen LogP contribution >= 0.6 is 23.2 Å².